The van der Waals surface area contributed by atoms with Gasteiger partial charge in [-0.3, -0.25) is 4.68 Å². The number of halogens is 1. The van der Waals surface area contributed by atoms with Crippen molar-refractivity contribution in [2.75, 3.05) is 6.26 Å². The fraction of sp³-hybridized carbons (Fsp3) is 0.625. The molecule has 0 aliphatic carbocycles. The molecular formula is C8H13BrN2O3S. The Kier molecular flexibility index (Phi) is 3.57. The van der Waals surface area contributed by atoms with Crippen molar-refractivity contribution in [3.63, 3.8) is 0 Å². The van der Waals surface area contributed by atoms with Gasteiger partial charge in [0.05, 0.1) is 21.6 Å². The zero-order valence-electron chi connectivity index (χ0n) is 8.68. The predicted octanol–water partition coefficient (Wildman–Crippen LogP) is 0.649. The van der Waals surface area contributed by atoms with E-state index < -0.39 is 21.2 Å². The first-order valence-electron chi connectivity index (χ1n) is 4.29. The molecule has 0 aromatic carbocycles. The summed E-state index contributed by atoms with van der Waals surface area (Å²) in [5, 5.41) is 13.0. The van der Waals surface area contributed by atoms with Gasteiger partial charge in [-0.25, -0.2) is 8.42 Å². The molecule has 1 N–H and O–H groups in total. The molecule has 1 aromatic rings. The maximum Gasteiger partial charge on any atom is 0.152 e. The van der Waals surface area contributed by atoms with E-state index in [1.165, 1.54) is 17.8 Å². The molecule has 0 aliphatic rings. The molecule has 0 radical (unpaired) electrons. The number of hydrogen-bond donors (Lipinski definition) is 1. The number of aliphatic hydroxyl groups is 1. The minimum atomic E-state index is -3.27. The van der Waals surface area contributed by atoms with Gasteiger partial charge in [-0.05, 0) is 22.9 Å². The molecule has 0 amide bonds. The van der Waals surface area contributed by atoms with Crippen molar-refractivity contribution in [2.24, 2.45) is 7.05 Å². The van der Waals surface area contributed by atoms with Gasteiger partial charge in [0.1, 0.15) is 6.10 Å². The lowest BCUT2D eigenvalue weighted by molar-refractivity contribution is 0.165. The molecule has 0 bridgehead atoms. The summed E-state index contributed by atoms with van der Waals surface area (Å²) in [6.07, 6.45) is 1.54. The van der Waals surface area contributed by atoms with Crippen LogP contribution in [0, 0.1) is 0 Å². The highest BCUT2D eigenvalue weighted by molar-refractivity contribution is 9.10. The van der Waals surface area contributed by atoms with Crippen LogP contribution in [0.2, 0.25) is 0 Å². The van der Waals surface area contributed by atoms with Crippen molar-refractivity contribution >= 4 is 25.8 Å². The monoisotopic (exact) mass is 296 g/mol. The van der Waals surface area contributed by atoms with Crippen LogP contribution in [0.4, 0.5) is 0 Å². The Balaban J connectivity index is 3.10. The van der Waals surface area contributed by atoms with E-state index in [9.17, 15) is 13.5 Å². The van der Waals surface area contributed by atoms with E-state index in [0.717, 1.165) is 6.26 Å². The Hall–Kier alpha value is -0.400. The van der Waals surface area contributed by atoms with E-state index in [1.54, 1.807) is 7.05 Å². The quantitative estimate of drug-likeness (QED) is 0.889. The average molecular weight is 297 g/mol. The summed E-state index contributed by atoms with van der Waals surface area (Å²) in [5.41, 5.74) is 0.466. The highest BCUT2D eigenvalue weighted by atomic mass is 79.9. The van der Waals surface area contributed by atoms with Crippen molar-refractivity contribution in [3.05, 3.63) is 16.4 Å². The lowest BCUT2D eigenvalue weighted by Crippen LogP contribution is -2.26. The molecule has 15 heavy (non-hydrogen) atoms. The van der Waals surface area contributed by atoms with Crippen molar-refractivity contribution in [1.82, 2.24) is 9.78 Å². The highest BCUT2D eigenvalue weighted by Crippen LogP contribution is 2.27. The summed E-state index contributed by atoms with van der Waals surface area (Å²) in [4.78, 5) is 0. The number of aliphatic hydroxyl groups excluding tert-OH is 1. The van der Waals surface area contributed by atoms with Crippen LogP contribution in [0.1, 0.15) is 18.7 Å². The minimum Gasteiger partial charge on any atom is -0.385 e. The second kappa shape index (κ2) is 4.23. The standard InChI is InChI=1S/C8H13BrN2O3S/c1-5(15(3,13)14)8(12)7-6(9)4-10-11(7)2/h4-5,8,12H,1-3H3. The third kappa shape index (κ3) is 2.59. The minimum absolute atomic E-state index is 0.466. The van der Waals surface area contributed by atoms with E-state index in [4.69, 9.17) is 0 Å². The molecule has 2 unspecified atom stereocenters. The van der Waals surface area contributed by atoms with Crippen LogP contribution in [0.5, 0.6) is 0 Å². The smallest absolute Gasteiger partial charge is 0.152 e. The maximum absolute atomic E-state index is 11.3. The van der Waals surface area contributed by atoms with E-state index in [2.05, 4.69) is 21.0 Å². The third-order valence-corrected chi connectivity index (χ3v) is 4.56. The van der Waals surface area contributed by atoms with Crippen LogP contribution in [0.3, 0.4) is 0 Å². The molecule has 0 aliphatic heterocycles. The van der Waals surface area contributed by atoms with Crippen molar-refractivity contribution < 1.29 is 13.5 Å². The van der Waals surface area contributed by atoms with E-state index in [0.29, 0.717) is 10.2 Å². The fourth-order valence-corrected chi connectivity index (χ4v) is 2.39. The Morgan fingerprint density at radius 2 is 2.13 bits per heavy atom. The number of aryl methyl sites for hydroxylation is 1. The molecule has 2 atom stereocenters. The number of rotatable bonds is 3. The molecule has 7 heteroatoms. The van der Waals surface area contributed by atoms with Crippen molar-refractivity contribution in [3.8, 4) is 0 Å². The van der Waals surface area contributed by atoms with Gasteiger partial charge < -0.3 is 5.11 Å². The molecule has 1 heterocycles. The highest BCUT2D eigenvalue weighted by Gasteiger charge is 2.29. The first-order valence-corrected chi connectivity index (χ1v) is 7.04. The Labute approximate surface area is 97.2 Å². The lowest BCUT2D eigenvalue weighted by Gasteiger charge is -2.17. The first kappa shape index (κ1) is 12.7. The largest absolute Gasteiger partial charge is 0.385 e. The normalized spacial score (nSPS) is 16.3. The molecule has 0 spiro atoms. The van der Waals surface area contributed by atoms with Crippen molar-refractivity contribution in [2.45, 2.75) is 18.3 Å². The molecule has 0 saturated carbocycles. The molecular weight excluding hydrogens is 284 g/mol. The van der Waals surface area contributed by atoms with E-state index in [1.807, 2.05) is 0 Å². The molecule has 5 nitrogen and oxygen atoms in total. The Bertz CT molecular complexity index is 435. The number of hydrogen-bond acceptors (Lipinski definition) is 4. The summed E-state index contributed by atoms with van der Waals surface area (Å²) in [5.74, 6) is 0. The third-order valence-electron chi connectivity index (χ3n) is 2.34. The zero-order chi connectivity index (χ0) is 11.8. The van der Waals surface area contributed by atoms with Crippen LogP contribution in [0.15, 0.2) is 10.7 Å². The number of sulfone groups is 1. The van der Waals surface area contributed by atoms with Gasteiger partial charge in [0.2, 0.25) is 0 Å². The van der Waals surface area contributed by atoms with Crippen LogP contribution in [-0.4, -0.2) is 34.8 Å². The van der Waals surface area contributed by atoms with E-state index >= 15 is 0 Å². The van der Waals surface area contributed by atoms with Gasteiger partial charge >= 0.3 is 0 Å². The molecule has 0 saturated heterocycles. The summed E-state index contributed by atoms with van der Waals surface area (Å²) >= 11 is 3.21. The molecule has 0 fully saturated rings. The van der Waals surface area contributed by atoms with Crippen LogP contribution in [-0.2, 0) is 16.9 Å². The fourth-order valence-electron chi connectivity index (χ4n) is 1.21. The van der Waals surface area contributed by atoms with Gasteiger partial charge in [0.25, 0.3) is 0 Å². The van der Waals surface area contributed by atoms with Gasteiger partial charge in [-0.15, -0.1) is 0 Å². The molecule has 86 valence electrons. The Morgan fingerprint density at radius 1 is 1.60 bits per heavy atom. The second-order valence-corrected chi connectivity index (χ2v) is 6.74. The second-order valence-electron chi connectivity index (χ2n) is 3.48. The van der Waals surface area contributed by atoms with Gasteiger partial charge in [0.15, 0.2) is 9.84 Å². The molecule has 1 rings (SSSR count). The van der Waals surface area contributed by atoms with Crippen molar-refractivity contribution in [1.29, 1.82) is 0 Å². The number of aromatic nitrogens is 2. The average Bonchev–Trinajstić information content (AvgIpc) is 2.42. The first-order chi connectivity index (χ1) is 6.75. The topological polar surface area (TPSA) is 72.2 Å². The Morgan fingerprint density at radius 3 is 2.47 bits per heavy atom. The van der Waals surface area contributed by atoms with Gasteiger partial charge in [-0.2, -0.15) is 5.10 Å². The molecule has 1 aromatic heterocycles. The predicted molar refractivity (Wildman–Crippen MR) is 60.2 cm³/mol. The maximum atomic E-state index is 11.3. The summed E-state index contributed by atoms with van der Waals surface area (Å²) in [6.45, 7) is 1.47. The zero-order valence-corrected chi connectivity index (χ0v) is 11.1. The lowest BCUT2D eigenvalue weighted by atomic mass is 10.2. The van der Waals surface area contributed by atoms with Crippen LogP contribution < -0.4 is 0 Å². The van der Waals surface area contributed by atoms with Gasteiger partial charge in [0, 0.05) is 13.3 Å². The van der Waals surface area contributed by atoms with Crippen LogP contribution >= 0.6 is 15.9 Å². The number of nitrogens with zero attached hydrogens (tertiary/aromatic N) is 2. The van der Waals surface area contributed by atoms with E-state index in [-0.39, 0.29) is 0 Å². The summed E-state index contributed by atoms with van der Waals surface area (Å²) < 4.78 is 24.6. The summed E-state index contributed by atoms with van der Waals surface area (Å²) in [6, 6.07) is 0. The SMILES string of the molecule is CC(C(O)c1c(Br)cnn1C)S(C)(=O)=O. The van der Waals surface area contributed by atoms with Crippen LogP contribution in [0.25, 0.3) is 0 Å². The summed E-state index contributed by atoms with van der Waals surface area (Å²) in [7, 11) is -1.62. The van der Waals surface area contributed by atoms with Gasteiger partial charge in [-0.1, -0.05) is 0 Å².